The summed E-state index contributed by atoms with van der Waals surface area (Å²) in [6, 6.07) is 0. The van der Waals surface area contributed by atoms with Crippen LogP contribution in [0.2, 0.25) is 0 Å². The number of hydrogen-bond acceptors (Lipinski definition) is 12. The van der Waals surface area contributed by atoms with Gasteiger partial charge in [0.25, 0.3) is 0 Å². The average molecular weight is 366 g/mol. The summed E-state index contributed by atoms with van der Waals surface area (Å²) in [5.41, 5.74) is 0. The molecule has 1 rings (SSSR count). The molecular weight excluding hydrogens is 357 g/mol. The van der Waals surface area contributed by atoms with E-state index in [-0.39, 0.29) is 0 Å². The van der Waals surface area contributed by atoms with Crippen molar-refractivity contribution in [2.24, 2.45) is 0 Å². The van der Waals surface area contributed by atoms with Crippen LogP contribution in [0.3, 0.4) is 0 Å². The van der Waals surface area contributed by atoms with Crippen molar-refractivity contribution in [3.63, 3.8) is 0 Å². The Morgan fingerprint density at radius 3 is 1.19 bits per heavy atom. The first-order valence-electron chi connectivity index (χ1n) is 4.96. The highest BCUT2D eigenvalue weighted by molar-refractivity contribution is 7.46. The second kappa shape index (κ2) is 5.54. The van der Waals surface area contributed by atoms with Gasteiger partial charge >= 0.3 is 40.1 Å². The van der Waals surface area contributed by atoms with Crippen LogP contribution in [0.15, 0.2) is 0 Å². The van der Waals surface area contributed by atoms with Gasteiger partial charge in [0.2, 0.25) is 0 Å². The fourth-order valence-electron chi connectivity index (χ4n) is 2.07. The largest absolute Gasteiger partial charge is 0.593 e. The van der Waals surface area contributed by atoms with Gasteiger partial charge in [0, 0.05) is 0 Å². The maximum atomic E-state index is 11.1. The molecule has 1 fully saturated rings. The minimum Gasteiger partial charge on any atom is -0.593 e. The van der Waals surface area contributed by atoms with E-state index in [0.717, 1.165) is 0 Å². The molecule has 7 atom stereocenters. The summed E-state index contributed by atoms with van der Waals surface area (Å²) in [7, 11) is -13.7. The first kappa shape index (κ1) is 19.0. The van der Waals surface area contributed by atoms with E-state index in [4.69, 9.17) is 0 Å². The molecule has 1 aliphatic rings. The van der Waals surface area contributed by atoms with Gasteiger partial charge in [0.05, 0.1) is 0 Å². The van der Waals surface area contributed by atoms with Crippen LogP contribution in [0.5, 0.6) is 0 Å². The Bertz CT molecular complexity index is 475. The zero-order valence-corrected chi connectivity index (χ0v) is 12.4. The topological polar surface area (TPSA) is 242 Å². The Labute approximate surface area is 118 Å². The molecule has 0 aromatic carbocycles. The van der Waals surface area contributed by atoms with Crippen molar-refractivity contribution in [1.29, 1.82) is 0 Å². The van der Waals surface area contributed by atoms with E-state index in [2.05, 4.69) is 0 Å². The van der Waals surface area contributed by atoms with E-state index in [9.17, 15) is 59.0 Å². The fraction of sp³-hybridized carbons (Fsp3) is 1.00. The van der Waals surface area contributed by atoms with E-state index in [1.165, 1.54) is 0 Å². The maximum absolute atomic E-state index is 11.1. The zero-order valence-electron chi connectivity index (χ0n) is 9.71. The molecule has 120 valence electrons. The van der Waals surface area contributed by atoms with Gasteiger partial charge in [-0.2, -0.15) is 0 Å². The molecule has 6 N–H and O–H groups in total. The van der Waals surface area contributed by atoms with Crippen LogP contribution >= 0.6 is 24.1 Å². The van der Waals surface area contributed by atoms with Crippen LogP contribution in [-0.2, 0) is 13.7 Å². The fourth-order valence-corrected chi connectivity index (χ4v) is 5.53. The molecule has 0 amide bonds. The Morgan fingerprint density at radius 2 is 1.00 bits per heavy atom. The van der Waals surface area contributed by atoms with Crippen LogP contribution < -0.4 is 14.7 Å². The highest BCUT2D eigenvalue weighted by atomic mass is 31.1. The lowest BCUT2D eigenvalue weighted by Crippen LogP contribution is -2.80. The summed E-state index contributed by atoms with van der Waals surface area (Å²) in [4.78, 5) is 33.3. The summed E-state index contributed by atoms with van der Waals surface area (Å²) < 4.78 is 33.3. The van der Waals surface area contributed by atoms with Gasteiger partial charge in [-0.05, 0) is 0 Å². The number of rotatable bonds is 3. The maximum Gasteiger partial charge on any atom is 0.414 e. The second-order valence-electron chi connectivity index (χ2n) is 4.28. The molecule has 0 aromatic heterocycles. The Balaban J connectivity index is 3.85. The van der Waals surface area contributed by atoms with Gasteiger partial charge in [-0.15, -0.1) is 0 Å². The quantitative estimate of drug-likeness (QED) is 0.256. The van der Waals surface area contributed by atoms with Gasteiger partial charge in [-0.1, -0.05) is 13.7 Å². The van der Waals surface area contributed by atoms with Gasteiger partial charge in [-0.3, -0.25) is 0 Å². The zero-order chi connectivity index (χ0) is 17.0. The van der Waals surface area contributed by atoms with E-state index in [0.29, 0.717) is 0 Å². The molecule has 0 aliphatic heterocycles. The van der Waals surface area contributed by atoms with Crippen molar-refractivity contribution < 1.29 is 59.0 Å². The third kappa shape index (κ3) is 2.05. The lowest BCUT2D eigenvalue weighted by Gasteiger charge is -2.46. The van der Waals surface area contributed by atoms with Crippen LogP contribution in [-0.4, -0.2) is 65.0 Å². The highest BCUT2D eigenvalue weighted by Crippen LogP contribution is 2.64. The molecule has 21 heavy (non-hydrogen) atoms. The molecular formula is C6H9O12P3. The van der Waals surface area contributed by atoms with E-state index in [1.807, 2.05) is 0 Å². The van der Waals surface area contributed by atoms with Crippen LogP contribution in [0.1, 0.15) is 0 Å². The molecule has 0 aromatic rings. The number of hydrogen-bond donors (Lipinski definition) is 6. The predicted molar refractivity (Wildman–Crippen MR) is 55.7 cm³/mol. The molecule has 0 heterocycles. The van der Waals surface area contributed by atoms with E-state index < -0.39 is 58.4 Å². The van der Waals surface area contributed by atoms with Crippen LogP contribution in [0.4, 0.5) is 0 Å². The highest BCUT2D eigenvalue weighted by Gasteiger charge is 2.93. The van der Waals surface area contributed by atoms with Gasteiger partial charge < -0.3 is 45.3 Å². The summed E-state index contributed by atoms with van der Waals surface area (Å²) in [5, 5.41) is 45.0. The Hall–Kier alpha value is -0.0600. The van der Waals surface area contributed by atoms with Crippen LogP contribution in [0, 0.1) is 0 Å². The van der Waals surface area contributed by atoms with Gasteiger partial charge in [0.1, 0.15) is 6.10 Å². The van der Waals surface area contributed by atoms with Gasteiger partial charge in [0.15, 0.2) is 12.2 Å². The third-order valence-electron chi connectivity index (χ3n) is 3.32. The van der Waals surface area contributed by atoms with Gasteiger partial charge in [-0.25, -0.2) is 0 Å². The number of aliphatic hydroxyl groups excluding tert-OH is 3. The molecule has 0 spiro atoms. The molecule has 1 aliphatic carbocycles. The Morgan fingerprint density at radius 1 is 0.714 bits per heavy atom. The Kier molecular flexibility index (Phi) is 5.01. The summed E-state index contributed by atoms with van der Waals surface area (Å²) >= 11 is 0. The van der Waals surface area contributed by atoms with Crippen molar-refractivity contribution in [1.82, 2.24) is 0 Å². The monoisotopic (exact) mass is 366 g/mol. The molecule has 0 saturated heterocycles. The third-order valence-corrected chi connectivity index (χ3v) is 7.17. The lowest BCUT2D eigenvalue weighted by molar-refractivity contribution is -0.310. The van der Waals surface area contributed by atoms with E-state index >= 15 is 0 Å². The van der Waals surface area contributed by atoms with Crippen molar-refractivity contribution >= 4 is 24.1 Å². The summed E-state index contributed by atoms with van der Waals surface area (Å²) in [5.74, 6) is 0. The number of aliphatic hydroxyl groups is 6. The lowest BCUT2D eigenvalue weighted by atomic mass is 9.83. The average Bonchev–Trinajstić information content (AvgIpc) is 2.39. The second-order valence-corrected chi connectivity index (χ2v) is 7.83. The molecule has 0 radical (unpaired) electrons. The van der Waals surface area contributed by atoms with Crippen molar-refractivity contribution in [3.8, 4) is 0 Å². The molecule has 0 bridgehead atoms. The molecule has 1 saturated carbocycles. The minimum atomic E-state index is -4.66. The minimum absolute atomic E-state index is 2.80. The summed E-state index contributed by atoms with van der Waals surface area (Å²) in [6.45, 7) is 0. The predicted octanol–water partition coefficient (Wildman–Crippen LogP) is -5.54. The van der Waals surface area contributed by atoms with Crippen molar-refractivity contribution in [2.45, 2.75) is 34.3 Å². The van der Waals surface area contributed by atoms with Crippen LogP contribution in [0.25, 0.3) is 0 Å². The molecule has 15 heteroatoms. The smallest absolute Gasteiger partial charge is 0.414 e. The first-order chi connectivity index (χ1) is 9.31. The summed E-state index contributed by atoms with van der Waals surface area (Å²) in [6.07, 6.45) is -8.85. The molecule has 12 nitrogen and oxygen atoms in total. The SMILES string of the molecule is O=[P+]([O-])C1(O)[C@](O)([P+](=O)[O-])[C@@H](O)C(O)[C@H](O)[C@@]1(O)[P+](=O)[O-]. The van der Waals surface area contributed by atoms with Crippen molar-refractivity contribution in [2.75, 3.05) is 0 Å². The van der Waals surface area contributed by atoms with E-state index in [1.54, 1.807) is 0 Å². The van der Waals surface area contributed by atoms with Crippen molar-refractivity contribution in [3.05, 3.63) is 0 Å². The standard InChI is InChI=1S/C6H9O12P3/c7-1-2(8)4(10,19(13)14)6(12,21(17)18)5(11,3(1)9)20(15)16/h1-3,7-12H/t1?,2-,3-,4+,5+,6?/m0/s1. The molecule has 3 unspecified atom stereocenters. The first-order valence-corrected chi connectivity index (χ1v) is 8.49. The normalized spacial score (nSPS) is 49.6.